The molecule has 2 aromatic rings. The van der Waals surface area contributed by atoms with E-state index in [4.69, 9.17) is 4.74 Å². The van der Waals surface area contributed by atoms with Gasteiger partial charge < -0.3 is 9.53 Å². The van der Waals surface area contributed by atoms with Gasteiger partial charge in [-0.3, -0.25) is 0 Å². The van der Waals surface area contributed by atoms with Gasteiger partial charge in [-0.25, -0.2) is 4.39 Å². The first kappa shape index (κ1) is 23.0. The molecule has 0 fully saturated rings. The summed E-state index contributed by atoms with van der Waals surface area (Å²) in [5.74, 6) is 1.35. The summed E-state index contributed by atoms with van der Waals surface area (Å²) in [6, 6.07) is 14.5. The van der Waals surface area contributed by atoms with E-state index in [0.717, 1.165) is 46.5 Å². The molecule has 0 heterocycles. The van der Waals surface area contributed by atoms with Crippen molar-refractivity contribution in [3.8, 4) is 5.75 Å². The molecule has 0 saturated carbocycles. The molecule has 0 aromatic heterocycles. The van der Waals surface area contributed by atoms with Gasteiger partial charge in [0.15, 0.2) is 0 Å². The number of hydrogen-bond donors (Lipinski definition) is 0. The minimum absolute atomic E-state index is 0.230. The van der Waals surface area contributed by atoms with E-state index in [-0.39, 0.29) is 10.6 Å². The Kier molecular flexibility index (Phi) is 8.71. The molecule has 0 saturated heterocycles. The van der Waals surface area contributed by atoms with E-state index in [1.54, 1.807) is 23.9 Å². The zero-order chi connectivity index (χ0) is 21.3. The first-order valence-electron chi connectivity index (χ1n) is 9.79. The Labute approximate surface area is 177 Å². The summed E-state index contributed by atoms with van der Waals surface area (Å²) in [4.78, 5) is 11.0. The van der Waals surface area contributed by atoms with E-state index in [1.807, 2.05) is 38.1 Å². The van der Waals surface area contributed by atoms with Gasteiger partial charge in [0.05, 0.1) is 11.4 Å². The molecule has 0 spiro atoms. The maximum Gasteiger partial charge on any atom is 0.135 e. The monoisotopic (exact) mass is 412 g/mol. The van der Waals surface area contributed by atoms with Crippen LogP contribution in [0.3, 0.4) is 0 Å². The summed E-state index contributed by atoms with van der Waals surface area (Å²) < 4.78 is 18.6. The maximum absolute atomic E-state index is 13.1. The van der Waals surface area contributed by atoms with Crippen LogP contribution in [0, 0.1) is 5.82 Å². The van der Waals surface area contributed by atoms with Gasteiger partial charge in [-0.15, -0.1) is 11.8 Å². The van der Waals surface area contributed by atoms with Crippen LogP contribution in [0.1, 0.15) is 44.7 Å². The summed E-state index contributed by atoms with van der Waals surface area (Å²) in [5.41, 5.74) is 4.25. The number of aldehydes is 1. The molecule has 0 radical (unpaired) electrons. The molecule has 29 heavy (non-hydrogen) atoms. The van der Waals surface area contributed by atoms with Crippen molar-refractivity contribution in [2.24, 2.45) is 0 Å². The highest BCUT2D eigenvalue weighted by Gasteiger charge is 2.16. The van der Waals surface area contributed by atoms with Crippen molar-refractivity contribution in [2.45, 2.75) is 44.1 Å². The Bertz CT molecular complexity index is 853. The zero-order valence-corrected chi connectivity index (χ0v) is 18.2. The van der Waals surface area contributed by atoms with Gasteiger partial charge in [-0.2, -0.15) is 0 Å². The van der Waals surface area contributed by atoms with Crippen LogP contribution in [0.2, 0.25) is 0 Å². The maximum atomic E-state index is 13.1. The Morgan fingerprint density at radius 3 is 2.59 bits per heavy atom. The summed E-state index contributed by atoms with van der Waals surface area (Å²) in [6.45, 7) is 10.6. The average molecular weight is 413 g/mol. The lowest BCUT2D eigenvalue weighted by Crippen LogP contribution is -2.16. The van der Waals surface area contributed by atoms with Crippen molar-refractivity contribution >= 4 is 23.6 Å². The molecule has 2 rings (SSSR count). The predicted molar refractivity (Wildman–Crippen MR) is 122 cm³/mol. The van der Waals surface area contributed by atoms with Gasteiger partial charge in [0.1, 0.15) is 17.9 Å². The molecular weight excluding hydrogens is 383 g/mol. The SMILES string of the molecule is C=C(/C=C(\CC)c1ccc(F)cc1)CCOc1cccc(CSC(C)(C)C=O)c1. The van der Waals surface area contributed by atoms with Crippen molar-refractivity contribution in [3.63, 3.8) is 0 Å². The molecule has 154 valence electrons. The Balaban J connectivity index is 1.88. The molecule has 0 N–H and O–H groups in total. The van der Waals surface area contributed by atoms with Gasteiger partial charge in [0, 0.05) is 12.2 Å². The lowest BCUT2D eigenvalue weighted by Gasteiger charge is -2.16. The normalized spacial score (nSPS) is 11.9. The molecule has 0 atom stereocenters. The number of ether oxygens (including phenoxy) is 1. The van der Waals surface area contributed by atoms with E-state index >= 15 is 0 Å². The van der Waals surface area contributed by atoms with Crippen LogP contribution < -0.4 is 4.74 Å². The molecule has 0 bridgehead atoms. The standard InChI is InChI=1S/C25H29FO2S/c1-5-21(22-9-11-23(26)12-10-22)15-19(2)13-14-28-24-8-6-7-20(16-24)17-29-25(3,4)18-27/h6-12,15-16,18H,2,5,13-14,17H2,1,3-4H3/b21-15+. The fourth-order valence-corrected chi connectivity index (χ4v) is 3.49. The Morgan fingerprint density at radius 2 is 1.93 bits per heavy atom. The largest absolute Gasteiger partial charge is 0.493 e. The first-order chi connectivity index (χ1) is 13.8. The quantitative estimate of drug-likeness (QED) is 0.298. The second-order valence-electron chi connectivity index (χ2n) is 7.44. The molecule has 0 unspecified atom stereocenters. The third kappa shape index (κ3) is 7.90. The second-order valence-corrected chi connectivity index (χ2v) is 9.07. The third-order valence-corrected chi connectivity index (χ3v) is 5.78. The fraction of sp³-hybridized carbons (Fsp3) is 0.320. The summed E-state index contributed by atoms with van der Waals surface area (Å²) >= 11 is 1.61. The van der Waals surface area contributed by atoms with Crippen LogP contribution in [0.15, 0.2) is 66.8 Å². The molecule has 0 aliphatic carbocycles. The predicted octanol–water partition coefficient (Wildman–Crippen LogP) is 6.86. The smallest absolute Gasteiger partial charge is 0.135 e. The molecule has 4 heteroatoms. The van der Waals surface area contributed by atoms with Crippen molar-refractivity contribution in [2.75, 3.05) is 6.61 Å². The molecule has 0 amide bonds. The molecular formula is C25H29FO2S. The van der Waals surface area contributed by atoms with E-state index in [9.17, 15) is 9.18 Å². The van der Waals surface area contributed by atoms with Crippen LogP contribution in [0.5, 0.6) is 5.75 Å². The highest BCUT2D eigenvalue weighted by Crippen LogP contribution is 2.27. The molecule has 2 nitrogen and oxygen atoms in total. The number of allylic oxidation sites excluding steroid dienone is 2. The summed E-state index contributed by atoms with van der Waals surface area (Å²) in [7, 11) is 0. The number of rotatable bonds is 11. The zero-order valence-electron chi connectivity index (χ0n) is 17.4. The van der Waals surface area contributed by atoms with E-state index in [1.165, 1.54) is 12.1 Å². The van der Waals surface area contributed by atoms with E-state index in [2.05, 4.69) is 19.6 Å². The number of thioether (sulfide) groups is 1. The molecule has 0 aliphatic heterocycles. The summed E-state index contributed by atoms with van der Waals surface area (Å²) in [5, 5.41) is 0. The lowest BCUT2D eigenvalue weighted by atomic mass is 10.0. The second kappa shape index (κ2) is 11.0. The van der Waals surface area contributed by atoms with E-state index < -0.39 is 0 Å². The van der Waals surface area contributed by atoms with Crippen molar-refractivity contribution in [3.05, 3.63) is 83.7 Å². The summed E-state index contributed by atoms with van der Waals surface area (Å²) in [6.07, 6.45) is 4.60. The van der Waals surface area contributed by atoms with Crippen LogP contribution in [-0.2, 0) is 10.5 Å². The third-order valence-electron chi connectivity index (χ3n) is 4.46. The van der Waals surface area contributed by atoms with Crippen LogP contribution in [-0.4, -0.2) is 17.6 Å². The Hall–Kier alpha value is -2.33. The lowest BCUT2D eigenvalue weighted by molar-refractivity contribution is -0.109. The highest BCUT2D eigenvalue weighted by atomic mass is 32.2. The van der Waals surface area contributed by atoms with Gasteiger partial charge in [-0.1, -0.05) is 49.4 Å². The number of benzene rings is 2. The number of carbonyl (C=O) groups excluding carboxylic acids is 1. The van der Waals surface area contributed by atoms with Crippen molar-refractivity contribution < 1.29 is 13.9 Å². The molecule has 2 aromatic carbocycles. The topological polar surface area (TPSA) is 26.3 Å². The van der Waals surface area contributed by atoms with Gasteiger partial charge in [0.25, 0.3) is 0 Å². The fourth-order valence-electron chi connectivity index (χ4n) is 2.70. The highest BCUT2D eigenvalue weighted by molar-refractivity contribution is 8.00. The minimum Gasteiger partial charge on any atom is -0.493 e. The molecule has 0 aliphatic rings. The van der Waals surface area contributed by atoms with Gasteiger partial charge >= 0.3 is 0 Å². The van der Waals surface area contributed by atoms with Gasteiger partial charge in [-0.05, 0) is 61.2 Å². The Morgan fingerprint density at radius 1 is 1.21 bits per heavy atom. The number of hydrogen-bond acceptors (Lipinski definition) is 3. The average Bonchev–Trinajstić information content (AvgIpc) is 2.72. The van der Waals surface area contributed by atoms with Crippen LogP contribution >= 0.6 is 11.8 Å². The number of carbonyl (C=O) groups is 1. The van der Waals surface area contributed by atoms with Crippen molar-refractivity contribution in [1.29, 1.82) is 0 Å². The van der Waals surface area contributed by atoms with E-state index in [0.29, 0.717) is 13.0 Å². The van der Waals surface area contributed by atoms with Crippen molar-refractivity contribution in [1.82, 2.24) is 0 Å². The first-order valence-corrected chi connectivity index (χ1v) is 10.8. The number of halogens is 1. The minimum atomic E-state index is -0.386. The van der Waals surface area contributed by atoms with Crippen LogP contribution in [0.25, 0.3) is 5.57 Å². The van der Waals surface area contributed by atoms with Gasteiger partial charge in [0.2, 0.25) is 0 Å². The van der Waals surface area contributed by atoms with Crippen LogP contribution in [0.4, 0.5) is 4.39 Å².